The highest BCUT2D eigenvalue weighted by atomic mass is 16.6. The van der Waals surface area contributed by atoms with E-state index in [0.29, 0.717) is 31.0 Å². The quantitative estimate of drug-likeness (QED) is 0.309. The summed E-state index contributed by atoms with van der Waals surface area (Å²) < 4.78 is 10.9. The van der Waals surface area contributed by atoms with Gasteiger partial charge in [-0.2, -0.15) is 0 Å². The van der Waals surface area contributed by atoms with Crippen LogP contribution >= 0.6 is 0 Å². The topological polar surface area (TPSA) is 72.0 Å². The van der Waals surface area contributed by atoms with E-state index < -0.39 is 11.7 Å². The molecule has 1 fully saturated rings. The van der Waals surface area contributed by atoms with Gasteiger partial charge in [0.1, 0.15) is 5.60 Å². The van der Waals surface area contributed by atoms with Crippen LogP contribution in [0, 0.1) is 13.8 Å². The molecule has 7 nitrogen and oxygen atoms in total. The molecule has 3 aromatic rings. The SMILES string of the molecule is COc1ccc(-c2cccc(C3=C(C(=O)N(Cc4cccc(C)c4C)C4CC4)CN(C(=O)OC(C)(C)C)CC3)c2)cn1. The number of amides is 2. The van der Waals surface area contributed by atoms with E-state index in [0.717, 1.165) is 40.7 Å². The first-order valence-electron chi connectivity index (χ1n) is 14.7. The molecule has 2 aromatic carbocycles. The fraction of sp³-hybridized carbons (Fsp3) is 0.400. The number of pyridine rings is 1. The van der Waals surface area contributed by atoms with E-state index in [4.69, 9.17) is 9.47 Å². The highest BCUT2D eigenvalue weighted by Crippen LogP contribution is 2.36. The average molecular weight is 568 g/mol. The third-order valence-corrected chi connectivity index (χ3v) is 8.05. The van der Waals surface area contributed by atoms with Crippen molar-refractivity contribution in [1.29, 1.82) is 0 Å². The molecule has 1 saturated carbocycles. The number of benzene rings is 2. The molecule has 0 unspecified atom stereocenters. The zero-order valence-electron chi connectivity index (χ0n) is 25.6. The van der Waals surface area contributed by atoms with Crippen LogP contribution in [-0.2, 0) is 16.1 Å². The minimum absolute atomic E-state index is 0.00168. The number of carbonyl (C=O) groups excluding carboxylic acids is 2. The van der Waals surface area contributed by atoms with Crippen molar-refractivity contribution in [2.24, 2.45) is 0 Å². The summed E-state index contributed by atoms with van der Waals surface area (Å²) in [6.07, 6.45) is 3.95. The van der Waals surface area contributed by atoms with Crippen molar-refractivity contribution in [3.05, 3.63) is 88.6 Å². The number of aromatic nitrogens is 1. The third-order valence-electron chi connectivity index (χ3n) is 8.05. The second kappa shape index (κ2) is 12.0. The summed E-state index contributed by atoms with van der Waals surface area (Å²) in [6.45, 7) is 11.1. The summed E-state index contributed by atoms with van der Waals surface area (Å²) in [6, 6.07) is 18.5. The second-order valence-corrected chi connectivity index (χ2v) is 12.3. The zero-order valence-corrected chi connectivity index (χ0v) is 25.6. The average Bonchev–Trinajstić information content (AvgIpc) is 3.82. The molecule has 0 atom stereocenters. The number of nitrogens with zero attached hydrogens (tertiary/aromatic N) is 3. The number of hydrogen-bond donors (Lipinski definition) is 0. The molecule has 2 amide bonds. The van der Waals surface area contributed by atoms with Crippen LogP contribution in [0.4, 0.5) is 4.79 Å². The van der Waals surface area contributed by atoms with Gasteiger partial charge in [-0.25, -0.2) is 9.78 Å². The lowest BCUT2D eigenvalue weighted by Crippen LogP contribution is -2.44. The summed E-state index contributed by atoms with van der Waals surface area (Å²) in [5.41, 5.74) is 7.57. The number of methoxy groups -OCH3 is 1. The summed E-state index contributed by atoms with van der Waals surface area (Å²) in [5.74, 6) is 0.558. The first-order chi connectivity index (χ1) is 20.0. The lowest BCUT2D eigenvalue weighted by Gasteiger charge is -2.34. The Kier molecular flexibility index (Phi) is 8.39. The van der Waals surface area contributed by atoms with E-state index in [1.807, 2.05) is 49.9 Å². The van der Waals surface area contributed by atoms with Gasteiger partial charge in [0.25, 0.3) is 5.91 Å². The predicted molar refractivity (Wildman–Crippen MR) is 165 cm³/mol. The van der Waals surface area contributed by atoms with Gasteiger partial charge in [0.15, 0.2) is 0 Å². The Morgan fingerprint density at radius 1 is 1.00 bits per heavy atom. The summed E-state index contributed by atoms with van der Waals surface area (Å²) >= 11 is 0. The van der Waals surface area contributed by atoms with Crippen LogP contribution in [0.15, 0.2) is 66.4 Å². The molecular formula is C35H41N3O4. The highest BCUT2D eigenvalue weighted by molar-refractivity contribution is 6.03. The Bertz CT molecular complexity index is 1500. The molecule has 0 bridgehead atoms. The normalized spacial score (nSPS) is 15.4. The van der Waals surface area contributed by atoms with Crippen molar-refractivity contribution >= 4 is 17.6 Å². The number of carbonyl (C=O) groups is 2. The highest BCUT2D eigenvalue weighted by Gasteiger charge is 2.38. The van der Waals surface area contributed by atoms with E-state index in [9.17, 15) is 9.59 Å². The molecule has 0 N–H and O–H groups in total. The molecule has 0 saturated heterocycles. The molecular weight excluding hydrogens is 526 g/mol. The molecule has 1 aliphatic heterocycles. The number of hydrogen-bond acceptors (Lipinski definition) is 5. The van der Waals surface area contributed by atoms with Gasteiger partial charge >= 0.3 is 6.09 Å². The molecule has 2 aliphatic rings. The van der Waals surface area contributed by atoms with Gasteiger partial charge in [-0.1, -0.05) is 36.4 Å². The number of ether oxygens (including phenoxy) is 2. The van der Waals surface area contributed by atoms with E-state index >= 15 is 0 Å². The maximum Gasteiger partial charge on any atom is 0.410 e. The van der Waals surface area contributed by atoms with Gasteiger partial charge in [-0.15, -0.1) is 0 Å². The lowest BCUT2D eigenvalue weighted by molar-refractivity contribution is -0.128. The number of rotatable bonds is 7. The van der Waals surface area contributed by atoms with Crippen LogP contribution < -0.4 is 4.74 Å². The van der Waals surface area contributed by atoms with Gasteiger partial charge in [-0.3, -0.25) is 4.79 Å². The summed E-state index contributed by atoms with van der Waals surface area (Å²) in [4.78, 5) is 35.7. The summed E-state index contributed by atoms with van der Waals surface area (Å²) in [7, 11) is 1.60. The first-order valence-corrected chi connectivity index (χ1v) is 14.7. The lowest BCUT2D eigenvalue weighted by atomic mass is 9.90. The molecule has 0 spiro atoms. The van der Waals surface area contributed by atoms with Gasteiger partial charge in [-0.05, 0) is 99.4 Å². The molecule has 1 aromatic heterocycles. The van der Waals surface area contributed by atoms with Gasteiger partial charge in [0.2, 0.25) is 5.88 Å². The molecule has 5 rings (SSSR count). The van der Waals surface area contributed by atoms with Gasteiger partial charge in [0.05, 0.1) is 13.7 Å². The van der Waals surface area contributed by atoms with Crippen molar-refractivity contribution < 1.29 is 19.1 Å². The van der Waals surface area contributed by atoms with Crippen LogP contribution in [-0.4, -0.2) is 58.6 Å². The van der Waals surface area contributed by atoms with Crippen LogP contribution in [0.5, 0.6) is 5.88 Å². The molecule has 0 radical (unpaired) electrons. The van der Waals surface area contributed by atoms with Crippen LogP contribution in [0.25, 0.3) is 16.7 Å². The van der Waals surface area contributed by atoms with Gasteiger partial charge < -0.3 is 19.3 Å². The van der Waals surface area contributed by atoms with E-state index in [2.05, 4.69) is 49.2 Å². The fourth-order valence-electron chi connectivity index (χ4n) is 5.41. The van der Waals surface area contributed by atoms with Crippen molar-refractivity contribution in [3.63, 3.8) is 0 Å². The van der Waals surface area contributed by atoms with Crippen molar-refractivity contribution in [3.8, 4) is 17.0 Å². The molecule has 2 heterocycles. The minimum Gasteiger partial charge on any atom is -0.481 e. The molecule has 1 aliphatic carbocycles. The maximum absolute atomic E-state index is 14.5. The van der Waals surface area contributed by atoms with E-state index in [1.165, 1.54) is 11.1 Å². The Labute approximate surface area is 249 Å². The predicted octanol–water partition coefficient (Wildman–Crippen LogP) is 6.96. The number of aryl methyl sites for hydroxylation is 1. The van der Waals surface area contributed by atoms with Crippen LogP contribution in [0.2, 0.25) is 0 Å². The monoisotopic (exact) mass is 567 g/mol. The van der Waals surface area contributed by atoms with E-state index in [1.54, 1.807) is 18.2 Å². The van der Waals surface area contributed by atoms with Crippen molar-refractivity contribution in [2.75, 3.05) is 20.2 Å². The standard InChI is InChI=1S/C35H41N3O4/c1-23-9-7-12-28(24(23)2)21-38(29-14-15-29)33(39)31-22-37(34(40)42-35(3,4)5)18-17-30(31)26-11-8-10-25(19-26)27-13-16-32(41-6)36-20-27/h7-13,16,19-20,29H,14-15,17-18,21-22H2,1-6H3. The Hall–Kier alpha value is -4.13. The Balaban J connectivity index is 1.53. The smallest absolute Gasteiger partial charge is 0.410 e. The van der Waals surface area contributed by atoms with Crippen LogP contribution in [0.1, 0.15) is 62.3 Å². The first kappa shape index (κ1) is 29.4. The fourth-order valence-corrected chi connectivity index (χ4v) is 5.41. The maximum atomic E-state index is 14.5. The van der Waals surface area contributed by atoms with Crippen LogP contribution in [0.3, 0.4) is 0 Å². The molecule has 42 heavy (non-hydrogen) atoms. The molecule has 7 heteroatoms. The minimum atomic E-state index is -0.616. The molecule has 220 valence electrons. The van der Waals surface area contributed by atoms with E-state index in [-0.39, 0.29) is 18.5 Å². The largest absolute Gasteiger partial charge is 0.481 e. The zero-order chi connectivity index (χ0) is 30.0. The Morgan fingerprint density at radius 2 is 1.74 bits per heavy atom. The third kappa shape index (κ3) is 6.67. The second-order valence-electron chi connectivity index (χ2n) is 12.3. The van der Waals surface area contributed by atoms with Crippen molar-refractivity contribution in [2.45, 2.75) is 72.1 Å². The van der Waals surface area contributed by atoms with Crippen molar-refractivity contribution in [1.82, 2.24) is 14.8 Å². The summed E-state index contributed by atoms with van der Waals surface area (Å²) in [5, 5.41) is 0. The van der Waals surface area contributed by atoms with Gasteiger partial charge in [0, 0.05) is 42.5 Å². The Morgan fingerprint density at radius 3 is 2.40 bits per heavy atom.